The lowest BCUT2D eigenvalue weighted by Crippen LogP contribution is -1.99. The molecule has 0 amide bonds. The van der Waals surface area contributed by atoms with Gasteiger partial charge in [-0.15, -0.1) is 0 Å². The summed E-state index contributed by atoms with van der Waals surface area (Å²) in [6.45, 7) is 0. The lowest BCUT2D eigenvalue weighted by molar-refractivity contribution is 0.0696. The first-order chi connectivity index (χ1) is 8.61. The number of nitrogens with zero attached hydrogens (tertiary/aromatic N) is 3. The van der Waals surface area contributed by atoms with Crippen molar-refractivity contribution < 1.29 is 15.0 Å². The number of nitriles is 1. The fraction of sp³-hybridized carbons (Fsp3) is 0. The topological polar surface area (TPSA) is 107 Å². The third kappa shape index (κ3) is 2.10. The Kier molecular flexibility index (Phi) is 2.89. The zero-order valence-electron chi connectivity index (χ0n) is 9.03. The molecule has 1 aromatic carbocycles. The maximum absolute atomic E-state index is 10.6. The van der Waals surface area contributed by atoms with Crippen LogP contribution >= 0.6 is 0 Å². The second-order valence-electron chi connectivity index (χ2n) is 3.44. The molecule has 2 N–H and O–H groups in total. The number of benzene rings is 1. The Hall–Kier alpha value is -2.94. The van der Waals surface area contributed by atoms with E-state index in [1.807, 2.05) is 6.07 Å². The van der Waals surface area contributed by atoms with Crippen molar-refractivity contribution in [2.75, 3.05) is 0 Å². The molecule has 2 aromatic rings. The van der Waals surface area contributed by atoms with Crippen molar-refractivity contribution in [3.8, 4) is 23.2 Å². The zero-order chi connectivity index (χ0) is 13.1. The number of phenols is 1. The second kappa shape index (κ2) is 4.51. The third-order valence-corrected chi connectivity index (χ3v) is 2.27. The first kappa shape index (κ1) is 11.5. The maximum atomic E-state index is 10.6. The van der Waals surface area contributed by atoms with E-state index in [-0.39, 0.29) is 22.7 Å². The molecular formula is C12H7N3O3. The Morgan fingerprint density at radius 1 is 1.28 bits per heavy atom. The lowest BCUT2D eigenvalue weighted by Gasteiger charge is -2.02. The van der Waals surface area contributed by atoms with Gasteiger partial charge >= 0.3 is 5.97 Å². The molecule has 0 aliphatic carbocycles. The SMILES string of the molecule is N#Cc1cc(-c2ncc(C(=O)O)cn2)ccc1O. The van der Waals surface area contributed by atoms with Crippen molar-refractivity contribution in [3.63, 3.8) is 0 Å². The average molecular weight is 241 g/mol. The van der Waals surface area contributed by atoms with E-state index in [0.717, 1.165) is 0 Å². The fourth-order valence-corrected chi connectivity index (χ4v) is 1.35. The minimum absolute atomic E-state index is 0.0157. The van der Waals surface area contributed by atoms with E-state index >= 15 is 0 Å². The van der Waals surface area contributed by atoms with Gasteiger partial charge in [-0.2, -0.15) is 5.26 Å². The van der Waals surface area contributed by atoms with E-state index < -0.39 is 5.97 Å². The Labute approximate surface area is 102 Å². The molecule has 0 aliphatic rings. The van der Waals surface area contributed by atoms with Crippen LogP contribution in [0.5, 0.6) is 5.75 Å². The van der Waals surface area contributed by atoms with Crippen LogP contribution in [0, 0.1) is 11.3 Å². The molecule has 0 saturated heterocycles. The van der Waals surface area contributed by atoms with Crippen LogP contribution in [0.15, 0.2) is 30.6 Å². The van der Waals surface area contributed by atoms with Gasteiger partial charge in [-0.25, -0.2) is 14.8 Å². The van der Waals surface area contributed by atoms with Crippen LogP contribution in [0.3, 0.4) is 0 Å². The Morgan fingerprint density at radius 2 is 1.94 bits per heavy atom. The fourth-order valence-electron chi connectivity index (χ4n) is 1.35. The number of aromatic carboxylic acids is 1. The molecule has 0 spiro atoms. The molecule has 1 heterocycles. The van der Waals surface area contributed by atoms with Gasteiger partial charge in [-0.1, -0.05) is 0 Å². The Bertz CT molecular complexity index is 645. The summed E-state index contributed by atoms with van der Waals surface area (Å²) in [6, 6.07) is 6.18. The number of rotatable bonds is 2. The molecule has 18 heavy (non-hydrogen) atoms. The molecule has 0 atom stereocenters. The van der Waals surface area contributed by atoms with Crippen LogP contribution in [0.2, 0.25) is 0 Å². The van der Waals surface area contributed by atoms with E-state index in [2.05, 4.69) is 9.97 Å². The van der Waals surface area contributed by atoms with Gasteiger partial charge in [0.1, 0.15) is 11.8 Å². The van der Waals surface area contributed by atoms with Gasteiger partial charge in [0.2, 0.25) is 0 Å². The summed E-state index contributed by atoms with van der Waals surface area (Å²) in [4.78, 5) is 18.4. The number of hydrogen-bond acceptors (Lipinski definition) is 5. The standard InChI is InChI=1S/C12H7N3O3/c13-4-8-3-7(1-2-10(8)16)11-14-5-9(6-15-11)12(17)18/h1-3,5-6,16H,(H,17,18). The summed E-state index contributed by atoms with van der Waals surface area (Å²) in [7, 11) is 0. The smallest absolute Gasteiger partial charge is 0.338 e. The predicted molar refractivity (Wildman–Crippen MR) is 60.8 cm³/mol. The highest BCUT2D eigenvalue weighted by Crippen LogP contribution is 2.22. The Morgan fingerprint density at radius 3 is 2.50 bits per heavy atom. The van der Waals surface area contributed by atoms with E-state index in [1.54, 1.807) is 6.07 Å². The van der Waals surface area contributed by atoms with Crippen molar-refractivity contribution in [3.05, 3.63) is 41.7 Å². The Balaban J connectivity index is 2.43. The highest BCUT2D eigenvalue weighted by atomic mass is 16.4. The second-order valence-corrected chi connectivity index (χ2v) is 3.44. The number of aromatic nitrogens is 2. The largest absolute Gasteiger partial charge is 0.507 e. The molecule has 1 aromatic heterocycles. The van der Waals surface area contributed by atoms with Crippen molar-refractivity contribution in [2.45, 2.75) is 0 Å². The summed E-state index contributed by atoms with van der Waals surface area (Å²) < 4.78 is 0. The highest BCUT2D eigenvalue weighted by molar-refractivity contribution is 5.86. The van der Waals surface area contributed by atoms with Gasteiger partial charge in [0.05, 0.1) is 11.1 Å². The van der Waals surface area contributed by atoms with Crippen LogP contribution in [0.25, 0.3) is 11.4 Å². The van der Waals surface area contributed by atoms with E-state index in [9.17, 15) is 9.90 Å². The molecule has 0 aliphatic heterocycles. The third-order valence-electron chi connectivity index (χ3n) is 2.27. The lowest BCUT2D eigenvalue weighted by atomic mass is 10.1. The summed E-state index contributed by atoms with van der Waals surface area (Å²) >= 11 is 0. The maximum Gasteiger partial charge on any atom is 0.338 e. The molecule has 2 rings (SSSR count). The number of carbonyl (C=O) groups is 1. The molecule has 6 heteroatoms. The minimum atomic E-state index is -1.11. The van der Waals surface area contributed by atoms with Crippen molar-refractivity contribution in [2.24, 2.45) is 0 Å². The molecule has 0 unspecified atom stereocenters. The normalized spacial score (nSPS) is 9.72. The summed E-state index contributed by atoms with van der Waals surface area (Å²) in [5.41, 5.74) is 0.623. The van der Waals surface area contributed by atoms with Gasteiger partial charge in [0, 0.05) is 18.0 Å². The molecule has 0 radical (unpaired) electrons. The molecule has 0 saturated carbocycles. The summed E-state index contributed by atoms with van der Waals surface area (Å²) in [5.74, 6) is -0.940. The minimum Gasteiger partial charge on any atom is -0.507 e. The van der Waals surface area contributed by atoms with Gasteiger partial charge in [-0.05, 0) is 18.2 Å². The molecule has 0 bridgehead atoms. The van der Waals surface area contributed by atoms with Gasteiger partial charge in [-0.3, -0.25) is 0 Å². The van der Waals surface area contributed by atoms with Crippen molar-refractivity contribution >= 4 is 5.97 Å². The van der Waals surface area contributed by atoms with Gasteiger partial charge < -0.3 is 10.2 Å². The number of aromatic hydroxyl groups is 1. The first-order valence-electron chi connectivity index (χ1n) is 4.90. The van der Waals surface area contributed by atoms with Gasteiger partial charge in [0.15, 0.2) is 5.82 Å². The monoisotopic (exact) mass is 241 g/mol. The van der Waals surface area contributed by atoms with Crippen molar-refractivity contribution in [1.82, 2.24) is 9.97 Å². The summed E-state index contributed by atoms with van der Waals surface area (Å²) in [6.07, 6.45) is 2.37. The number of carboxylic acid groups (broad SMARTS) is 1. The van der Waals surface area contributed by atoms with Crippen LogP contribution in [0.4, 0.5) is 0 Å². The zero-order valence-corrected chi connectivity index (χ0v) is 9.03. The van der Waals surface area contributed by atoms with E-state index in [4.69, 9.17) is 10.4 Å². The van der Waals surface area contributed by atoms with Crippen molar-refractivity contribution in [1.29, 1.82) is 5.26 Å². The molecular weight excluding hydrogens is 234 g/mol. The molecule has 0 fully saturated rings. The predicted octanol–water partition coefficient (Wildman–Crippen LogP) is 1.42. The van der Waals surface area contributed by atoms with Crippen LogP contribution in [-0.4, -0.2) is 26.2 Å². The van der Waals surface area contributed by atoms with E-state index in [1.165, 1.54) is 24.5 Å². The highest BCUT2D eigenvalue weighted by Gasteiger charge is 2.08. The first-order valence-corrected chi connectivity index (χ1v) is 4.90. The van der Waals surface area contributed by atoms with Gasteiger partial charge in [0.25, 0.3) is 0 Å². The number of hydrogen-bond donors (Lipinski definition) is 2. The number of phenolic OH excluding ortho intramolecular Hbond substituents is 1. The average Bonchev–Trinajstić information content (AvgIpc) is 2.39. The van der Waals surface area contributed by atoms with Crippen LogP contribution in [-0.2, 0) is 0 Å². The quantitative estimate of drug-likeness (QED) is 0.823. The summed E-state index contributed by atoms with van der Waals surface area (Å²) in [5, 5.41) is 26.8. The van der Waals surface area contributed by atoms with E-state index in [0.29, 0.717) is 5.56 Å². The molecule has 6 nitrogen and oxygen atoms in total. The molecule has 88 valence electrons. The van der Waals surface area contributed by atoms with Crippen LogP contribution in [0.1, 0.15) is 15.9 Å². The van der Waals surface area contributed by atoms with Crippen LogP contribution < -0.4 is 0 Å². The number of carboxylic acids is 1.